The molecule has 3 aromatic rings. The third-order valence-corrected chi connectivity index (χ3v) is 5.78. The van der Waals surface area contributed by atoms with E-state index < -0.39 is 5.97 Å². The lowest BCUT2D eigenvalue weighted by molar-refractivity contribution is -0.116. The number of fused-ring (bicyclic) bond motifs is 1. The van der Waals surface area contributed by atoms with Gasteiger partial charge < -0.3 is 24.5 Å². The molecule has 28 heavy (non-hydrogen) atoms. The van der Waals surface area contributed by atoms with Crippen molar-refractivity contribution in [1.29, 1.82) is 0 Å². The summed E-state index contributed by atoms with van der Waals surface area (Å²) in [6.07, 6.45) is 1.76. The van der Waals surface area contributed by atoms with E-state index in [0.717, 1.165) is 4.88 Å². The van der Waals surface area contributed by atoms with Gasteiger partial charge in [0.15, 0.2) is 0 Å². The van der Waals surface area contributed by atoms with Crippen LogP contribution in [0.3, 0.4) is 0 Å². The minimum Gasteiger partial charge on any atom is -0.497 e. The maximum Gasteiger partial charge on any atom is 0.339 e. The van der Waals surface area contributed by atoms with Crippen LogP contribution in [0.25, 0.3) is 5.69 Å². The molecule has 1 atom stereocenters. The highest BCUT2D eigenvalue weighted by atomic mass is 32.1. The average molecular weight is 398 g/mol. The number of carbonyl (C=O) groups excluding carboxylic acids is 1. The summed E-state index contributed by atoms with van der Waals surface area (Å²) in [7, 11) is 3.12. The Kier molecular flexibility index (Phi) is 4.56. The summed E-state index contributed by atoms with van der Waals surface area (Å²) in [5.74, 6) is -0.388. The van der Waals surface area contributed by atoms with Gasteiger partial charge in [-0.2, -0.15) is 0 Å². The second kappa shape index (κ2) is 7.05. The molecule has 1 unspecified atom stereocenters. The van der Waals surface area contributed by atoms with Crippen LogP contribution in [-0.4, -0.2) is 35.8 Å². The van der Waals surface area contributed by atoms with Crippen LogP contribution in [0.2, 0.25) is 0 Å². The molecule has 7 nitrogen and oxygen atoms in total. The molecule has 2 N–H and O–H groups in total. The van der Waals surface area contributed by atoms with Gasteiger partial charge in [-0.15, -0.1) is 11.3 Å². The minimum atomic E-state index is -1.11. The molecule has 0 fully saturated rings. The number of hydrogen-bond acceptors (Lipinski definition) is 5. The number of nitrogens with one attached hydrogen (secondary N) is 1. The quantitative estimate of drug-likeness (QED) is 0.684. The largest absolute Gasteiger partial charge is 0.497 e. The molecule has 144 valence electrons. The van der Waals surface area contributed by atoms with Gasteiger partial charge >= 0.3 is 5.97 Å². The van der Waals surface area contributed by atoms with E-state index in [1.807, 2.05) is 17.5 Å². The second-order valence-corrected chi connectivity index (χ2v) is 7.32. The van der Waals surface area contributed by atoms with Gasteiger partial charge in [0.25, 0.3) is 0 Å². The highest BCUT2D eigenvalue weighted by Gasteiger charge is 2.35. The van der Waals surface area contributed by atoms with Crippen LogP contribution in [-0.2, 0) is 4.79 Å². The smallest absolute Gasteiger partial charge is 0.339 e. The fraction of sp³-hybridized carbons (Fsp3) is 0.200. The summed E-state index contributed by atoms with van der Waals surface area (Å²) in [6.45, 7) is 0. The van der Waals surface area contributed by atoms with Gasteiger partial charge in [-0.1, -0.05) is 6.07 Å². The van der Waals surface area contributed by atoms with Crippen LogP contribution in [0.1, 0.15) is 33.3 Å². The summed E-state index contributed by atoms with van der Waals surface area (Å²) in [4.78, 5) is 25.2. The van der Waals surface area contributed by atoms with Crippen LogP contribution < -0.4 is 14.8 Å². The average Bonchev–Trinajstić information content (AvgIpc) is 3.35. The van der Waals surface area contributed by atoms with Crippen LogP contribution in [0.4, 0.5) is 5.69 Å². The molecule has 8 heteroatoms. The van der Waals surface area contributed by atoms with E-state index in [4.69, 9.17) is 9.47 Å². The number of thiophene rings is 1. The van der Waals surface area contributed by atoms with Gasteiger partial charge in [-0.25, -0.2) is 4.79 Å². The Morgan fingerprint density at radius 2 is 2.11 bits per heavy atom. The zero-order chi connectivity index (χ0) is 19.8. The number of rotatable bonds is 5. The number of nitrogens with zero attached hydrogens (tertiary/aromatic N) is 1. The van der Waals surface area contributed by atoms with Gasteiger partial charge in [-0.3, -0.25) is 4.79 Å². The monoisotopic (exact) mass is 398 g/mol. The van der Waals surface area contributed by atoms with E-state index in [1.165, 1.54) is 17.5 Å². The van der Waals surface area contributed by atoms with Crippen LogP contribution in [0, 0.1) is 0 Å². The van der Waals surface area contributed by atoms with E-state index in [2.05, 4.69) is 5.32 Å². The number of aromatic carboxylic acids is 1. The number of anilines is 1. The van der Waals surface area contributed by atoms with Gasteiger partial charge in [0.05, 0.1) is 31.3 Å². The molecular weight excluding hydrogens is 380 g/mol. The van der Waals surface area contributed by atoms with Crippen molar-refractivity contribution in [3.63, 3.8) is 0 Å². The van der Waals surface area contributed by atoms with Crippen LogP contribution in [0.5, 0.6) is 11.5 Å². The van der Waals surface area contributed by atoms with Crippen molar-refractivity contribution in [3.8, 4) is 17.2 Å². The molecule has 1 amide bonds. The van der Waals surface area contributed by atoms with Gasteiger partial charge in [0.1, 0.15) is 17.1 Å². The molecule has 0 aliphatic carbocycles. The van der Waals surface area contributed by atoms with E-state index in [0.29, 0.717) is 28.6 Å². The van der Waals surface area contributed by atoms with Crippen molar-refractivity contribution in [2.24, 2.45) is 0 Å². The summed E-state index contributed by atoms with van der Waals surface area (Å²) in [5.41, 5.74) is 1.72. The summed E-state index contributed by atoms with van der Waals surface area (Å²) >= 11 is 1.54. The molecule has 0 bridgehead atoms. The Bertz CT molecular complexity index is 1050. The number of ether oxygens (including phenoxy) is 2. The SMILES string of the molecule is COc1ccc(OC)c(-n2cc(C(=O)O)c3c2C(c2cccs2)CC(=O)N3)c1. The Labute approximate surface area is 165 Å². The Balaban J connectivity index is 2.01. The van der Waals surface area contributed by atoms with E-state index in [-0.39, 0.29) is 23.8 Å². The standard InChI is InChI=1S/C20H18N2O5S/c1-26-11-5-6-15(27-2)14(8-11)22-10-13(20(24)25)18-19(22)12(9-17(23)21-18)16-4-3-7-28-16/h3-8,10,12H,9H2,1-2H3,(H,21,23)(H,24,25). The number of benzene rings is 1. The van der Waals surface area contributed by atoms with Crippen LogP contribution in [0.15, 0.2) is 41.9 Å². The first-order chi connectivity index (χ1) is 13.5. The molecule has 0 radical (unpaired) electrons. The second-order valence-electron chi connectivity index (χ2n) is 6.34. The minimum absolute atomic E-state index is 0.0366. The van der Waals surface area contributed by atoms with Gasteiger partial charge in [-0.05, 0) is 23.6 Å². The zero-order valence-corrected chi connectivity index (χ0v) is 16.1. The fourth-order valence-electron chi connectivity index (χ4n) is 3.54. The number of amides is 1. The molecule has 1 aliphatic rings. The first-order valence-electron chi connectivity index (χ1n) is 8.57. The molecule has 3 heterocycles. The van der Waals surface area contributed by atoms with E-state index >= 15 is 0 Å². The third kappa shape index (κ3) is 2.91. The Morgan fingerprint density at radius 3 is 2.75 bits per heavy atom. The van der Waals surface area contributed by atoms with Crippen LogP contribution >= 0.6 is 11.3 Å². The molecule has 1 aromatic carbocycles. The first kappa shape index (κ1) is 18.1. The fourth-order valence-corrected chi connectivity index (χ4v) is 4.37. The van der Waals surface area contributed by atoms with Crippen molar-refractivity contribution >= 4 is 28.9 Å². The molecule has 1 aliphatic heterocycles. The Morgan fingerprint density at radius 1 is 1.29 bits per heavy atom. The lowest BCUT2D eigenvalue weighted by Crippen LogP contribution is -2.25. The summed E-state index contributed by atoms with van der Waals surface area (Å²) in [6, 6.07) is 9.20. The molecular formula is C20H18N2O5S. The molecule has 0 saturated heterocycles. The number of methoxy groups -OCH3 is 2. The summed E-state index contributed by atoms with van der Waals surface area (Å²) in [5, 5.41) is 14.4. The van der Waals surface area contributed by atoms with E-state index in [1.54, 1.807) is 37.0 Å². The maximum absolute atomic E-state index is 12.3. The maximum atomic E-state index is 12.3. The normalized spacial score (nSPS) is 15.6. The predicted octanol–water partition coefficient (Wildman–Crippen LogP) is 3.73. The lowest BCUT2D eigenvalue weighted by atomic mass is 9.93. The number of carboxylic acid groups (broad SMARTS) is 1. The molecule has 0 spiro atoms. The zero-order valence-electron chi connectivity index (χ0n) is 15.3. The number of carboxylic acids is 1. The topological polar surface area (TPSA) is 89.8 Å². The third-order valence-electron chi connectivity index (χ3n) is 4.79. The van der Waals surface area contributed by atoms with Crippen molar-refractivity contribution in [2.45, 2.75) is 12.3 Å². The lowest BCUT2D eigenvalue weighted by Gasteiger charge is -2.25. The highest BCUT2D eigenvalue weighted by molar-refractivity contribution is 7.10. The number of hydrogen-bond donors (Lipinski definition) is 2. The Hall–Kier alpha value is -3.26. The molecule has 4 rings (SSSR count). The van der Waals surface area contributed by atoms with Crippen molar-refractivity contribution in [2.75, 3.05) is 19.5 Å². The van der Waals surface area contributed by atoms with Crippen molar-refractivity contribution < 1.29 is 24.2 Å². The number of aromatic nitrogens is 1. The van der Waals surface area contributed by atoms with Gasteiger partial charge in [0.2, 0.25) is 5.91 Å². The summed E-state index contributed by atoms with van der Waals surface area (Å²) < 4.78 is 12.6. The molecule has 2 aromatic heterocycles. The van der Waals surface area contributed by atoms with Crippen molar-refractivity contribution in [1.82, 2.24) is 4.57 Å². The first-order valence-corrected chi connectivity index (χ1v) is 9.45. The highest BCUT2D eigenvalue weighted by Crippen LogP contribution is 2.44. The van der Waals surface area contributed by atoms with Gasteiger partial charge in [0, 0.05) is 29.5 Å². The predicted molar refractivity (Wildman–Crippen MR) is 105 cm³/mol. The molecule has 0 saturated carbocycles. The number of carbonyl (C=O) groups is 2. The van der Waals surface area contributed by atoms with E-state index in [9.17, 15) is 14.7 Å². The van der Waals surface area contributed by atoms with Crippen molar-refractivity contribution in [3.05, 3.63) is 58.0 Å².